The van der Waals surface area contributed by atoms with Crippen LogP contribution in [0.2, 0.25) is 5.02 Å². The first-order valence-electron chi connectivity index (χ1n) is 7.53. The van der Waals surface area contributed by atoms with Gasteiger partial charge >= 0.3 is 14.6 Å². The summed E-state index contributed by atoms with van der Waals surface area (Å²) in [5, 5.41) is 0.986. The Bertz CT molecular complexity index is 769. The number of rotatable bonds is 5. The largest absolute Gasteiger partial charge is 0.468 e. The molecule has 0 saturated heterocycles. The number of halogens is 1. The van der Waals surface area contributed by atoms with Crippen LogP contribution in [0.25, 0.3) is 0 Å². The van der Waals surface area contributed by atoms with Crippen molar-refractivity contribution in [3.05, 3.63) is 51.4 Å². The smallest absolute Gasteiger partial charge is 0.392 e. The highest BCUT2D eigenvalue weighted by Gasteiger charge is 2.33. The molecular formula is C16H17ClNO5PS. The standard InChI is InChI=1S/C16H17ClNO5PS/c1-22-16(19)15(11-4-2-3-5-12(11)17)18-7-6-13-10(9-18)8-14(25-13)23-24(20)21/h2-5,8,15,20-21H,6-7,9H2,1H3. The number of fused-ring (bicyclic) bond motifs is 1. The van der Waals surface area contributed by atoms with Gasteiger partial charge in [0.15, 0.2) is 5.06 Å². The summed E-state index contributed by atoms with van der Waals surface area (Å²) in [7, 11) is -1.07. The van der Waals surface area contributed by atoms with Gasteiger partial charge in [-0.15, -0.1) is 11.3 Å². The van der Waals surface area contributed by atoms with Gasteiger partial charge in [0.25, 0.3) is 0 Å². The zero-order valence-electron chi connectivity index (χ0n) is 13.4. The highest BCUT2D eigenvalue weighted by molar-refractivity contribution is 7.40. The predicted molar refractivity (Wildman–Crippen MR) is 96.6 cm³/mol. The van der Waals surface area contributed by atoms with Gasteiger partial charge in [0, 0.05) is 23.0 Å². The molecule has 0 spiro atoms. The average molecular weight is 402 g/mol. The number of hydrogen-bond acceptors (Lipinski definition) is 7. The highest BCUT2D eigenvalue weighted by atomic mass is 35.5. The van der Waals surface area contributed by atoms with Crippen LogP contribution in [-0.2, 0) is 22.5 Å². The maximum absolute atomic E-state index is 12.4. The average Bonchev–Trinajstić information content (AvgIpc) is 2.97. The first-order chi connectivity index (χ1) is 12.0. The van der Waals surface area contributed by atoms with E-state index in [0.29, 0.717) is 28.7 Å². The van der Waals surface area contributed by atoms with Crippen molar-refractivity contribution in [2.75, 3.05) is 13.7 Å². The topological polar surface area (TPSA) is 79.2 Å². The molecule has 2 aromatic rings. The van der Waals surface area contributed by atoms with Gasteiger partial charge < -0.3 is 19.0 Å². The fourth-order valence-electron chi connectivity index (χ4n) is 2.95. The maximum atomic E-state index is 12.4. The van der Waals surface area contributed by atoms with Crippen LogP contribution in [0.15, 0.2) is 30.3 Å². The van der Waals surface area contributed by atoms with Crippen molar-refractivity contribution in [1.82, 2.24) is 4.90 Å². The fourth-order valence-corrected chi connectivity index (χ4v) is 4.65. The van der Waals surface area contributed by atoms with Crippen LogP contribution in [-0.4, -0.2) is 34.3 Å². The van der Waals surface area contributed by atoms with E-state index in [1.54, 1.807) is 12.1 Å². The summed E-state index contributed by atoms with van der Waals surface area (Å²) in [6.45, 7) is 1.18. The third kappa shape index (κ3) is 4.14. The fraction of sp³-hybridized carbons (Fsp3) is 0.312. The minimum atomic E-state index is -2.44. The number of thiophene rings is 1. The lowest BCUT2D eigenvalue weighted by atomic mass is 10.0. The Balaban J connectivity index is 1.87. The van der Waals surface area contributed by atoms with Gasteiger partial charge in [0.1, 0.15) is 6.04 Å². The summed E-state index contributed by atoms with van der Waals surface area (Å²) in [4.78, 5) is 33.6. The normalized spacial score (nSPS) is 15.7. The Morgan fingerprint density at radius 3 is 2.84 bits per heavy atom. The summed E-state index contributed by atoms with van der Waals surface area (Å²) in [5.41, 5.74) is 1.71. The third-order valence-electron chi connectivity index (χ3n) is 4.03. The van der Waals surface area contributed by atoms with Crippen molar-refractivity contribution in [3.8, 4) is 5.06 Å². The van der Waals surface area contributed by atoms with Crippen molar-refractivity contribution in [2.24, 2.45) is 0 Å². The first-order valence-corrected chi connectivity index (χ1v) is 9.89. The number of nitrogens with zero attached hydrogens (tertiary/aromatic N) is 1. The summed E-state index contributed by atoms with van der Waals surface area (Å²) < 4.78 is 9.99. The predicted octanol–water partition coefficient (Wildman–Crippen LogP) is 3.26. The van der Waals surface area contributed by atoms with Gasteiger partial charge in [-0.3, -0.25) is 4.90 Å². The van der Waals surface area contributed by atoms with Gasteiger partial charge in [-0.25, -0.2) is 4.79 Å². The van der Waals surface area contributed by atoms with E-state index in [1.807, 2.05) is 23.1 Å². The molecule has 0 fully saturated rings. The van der Waals surface area contributed by atoms with E-state index in [4.69, 9.17) is 30.6 Å². The summed E-state index contributed by atoms with van der Waals surface area (Å²) in [6.07, 6.45) is 0.732. The second-order valence-electron chi connectivity index (χ2n) is 5.53. The maximum Gasteiger partial charge on any atom is 0.392 e. The number of carbonyl (C=O) groups excluding carboxylic acids is 1. The number of ether oxygens (including phenoxy) is 1. The Morgan fingerprint density at radius 1 is 1.40 bits per heavy atom. The Morgan fingerprint density at radius 2 is 2.16 bits per heavy atom. The molecule has 134 valence electrons. The van der Waals surface area contributed by atoms with Crippen LogP contribution in [0.5, 0.6) is 5.06 Å². The molecule has 25 heavy (non-hydrogen) atoms. The minimum absolute atomic E-state index is 0.363. The molecule has 0 saturated carbocycles. The molecule has 1 aliphatic heterocycles. The molecule has 1 unspecified atom stereocenters. The number of benzene rings is 1. The van der Waals surface area contributed by atoms with Crippen molar-refractivity contribution in [2.45, 2.75) is 19.0 Å². The van der Waals surface area contributed by atoms with Gasteiger partial charge in [0.2, 0.25) is 0 Å². The second kappa shape index (κ2) is 7.99. The Hall–Kier alpha value is -1.21. The van der Waals surface area contributed by atoms with Crippen LogP contribution < -0.4 is 4.52 Å². The van der Waals surface area contributed by atoms with Crippen molar-refractivity contribution >= 4 is 37.5 Å². The van der Waals surface area contributed by atoms with Crippen LogP contribution in [0, 0.1) is 0 Å². The molecule has 1 aromatic heterocycles. The molecule has 0 amide bonds. The molecule has 0 aliphatic carbocycles. The molecule has 0 radical (unpaired) electrons. The molecule has 0 bridgehead atoms. The molecule has 1 aromatic carbocycles. The molecule has 9 heteroatoms. The minimum Gasteiger partial charge on any atom is -0.468 e. The number of esters is 1. The highest BCUT2D eigenvalue weighted by Crippen LogP contribution is 2.40. The summed E-state index contributed by atoms with van der Waals surface area (Å²) >= 11 is 7.69. The monoisotopic (exact) mass is 401 g/mol. The van der Waals surface area contributed by atoms with Crippen molar-refractivity contribution in [3.63, 3.8) is 0 Å². The SMILES string of the molecule is COC(=O)C(c1ccccc1Cl)N1CCc2sc(OP(O)O)cc2C1. The van der Waals surface area contributed by atoms with E-state index in [1.165, 1.54) is 18.4 Å². The van der Waals surface area contributed by atoms with Crippen LogP contribution in [0.4, 0.5) is 0 Å². The first kappa shape index (κ1) is 18.6. The molecular weight excluding hydrogens is 385 g/mol. The summed E-state index contributed by atoms with van der Waals surface area (Å²) in [5.74, 6) is -0.363. The second-order valence-corrected chi connectivity index (χ2v) is 7.72. The number of hydrogen-bond donors (Lipinski definition) is 2. The lowest BCUT2D eigenvalue weighted by Gasteiger charge is -2.33. The molecule has 1 aliphatic rings. The van der Waals surface area contributed by atoms with Gasteiger partial charge in [0.05, 0.1) is 7.11 Å². The van der Waals surface area contributed by atoms with Crippen molar-refractivity contribution in [1.29, 1.82) is 0 Å². The molecule has 1 atom stereocenters. The third-order valence-corrected chi connectivity index (χ3v) is 5.98. The molecule has 3 rings (SSSR count). The number of methoxy groups -OCH3 is 1. The lowest BCUT2D eigenvalue weighted by Crippen LogP contribution is -2.38. The van der Waals surface area contributed by atoms with Crippen molar-refractivity contribution < 1.29 is 23.8 Å². The number of carbonyl (C=O) groups is 1. The quantitative estimate of drug-likeness (QED) is 0.591. The Labute approximate surface area is 155 Å². The van der Waals surface area contributed by atoms with E-state index >= 15 is 0 Å². The summed E-state index contributed by atoms with van der Waals surface area (Å²) in [6, 6.07) is 8.43. The zero-order valence-corrected chi connectivity index (χ0v) is 15.9. The molecule has 6 nitrogen and oxygen atoms in total. The van der Waals surface area contributed by atoms with E-state index in [2.05, 4.69) is 0 Å². The van der Waals surface area contributed by atoms with Gasteiger partial charge in [-0.1, -0.05) is 29.8 Å². The van der Waals surface area contributed by atoms with Crippen LogP contribution in [0.3, 0.4) is 0 Å². The molecule has 2 heterocycles. The van der Waals surface area contributed by atoms with E-state index in [-0.39, 0.29) is 5.97 Å². The van der Waals surface area contributed by atoms with Gasteiger partial charge in [-0.05, 0) is 29.7 Å². The zero-order chi connectivity index (χ0) is 18.0. The van der Waals surface area contributed by atoms with E-state index in [0.717, 1.165) is 16.9 Å². The van der Waals surface area contributed by atoms with Crippen LogP contribution in [0.1, 0.15) is 22.0 Å². The van der Waals surface area contributed by atoms with E-state index in [9.17, 15) is 4.79 Å². The molecule has 2 N–H and O–H groups in total. The van der Waals surface area contributed by atoms with Crippen LogP contribution >= 0.6 is 31.5 Å². The Kier molecular flexibility index (Phi) is 5.94. The van der Waals surface area contributed by atoms with Gasteiger partial charge in [-0.2, -0.15) is 0 Å². The lowest BCUT2D eigenvalue weighted by molar-refractivity contribution is -0.147. The van der Waals surface area contributed by atoms with E-state index < -0.39 is 14.6 Å².